The maximum atomic E-state index is 13.6. The molecule has 4 rings (SSSR count). The highest BCUT2D eigenvalue weighted by Gasteiger charge is 2.23. The summed E-state index contributed by atoms with van der Waals surface area (Å²) >= 11 is 5.73. The van der Waals surface area contributed by atoms with E-state index in [0.717, 1.165) is 18.4 Å². The van der Waals surface area contributed by atoms with Gasteiger partial charge in [0, 0.05) is 11.1 Å². The maximum absolute atomic E-state index is 13.6. The van der Waals surface area contributed by atoms with Crippen LogP contribution in [0.4, 0.5) is 4.39 Å². The maximum Gasteiger partial charge on any atom is 0.143 e. The Hall–Kier alpha value is -2.82. The molecule has 162 valence electrons. The molecule has 1 saturated carbocycles. The van der Waals surface area contributed by atoms with Crippen molar-refractivity contribution in [2.45, 2.75) is 50.4 Å². The third kappa shape index (κ3) is 5.70. The van der Waals surface area contributed by atoms with E-state index in [9.17, 15) is 4.39 Å². The second kappa shape index (κ2) is 10.7. The Balaban J connectivity index is 1.33. The Kier molecular flexibility index (Phi) is 7.46. The van der Waals surface area contributed by atoms with E-state index in [-0.39, 0.29) is 5.02 Å². The zero-order chi connectivity index (χ0) is 22.3. The monoisotopic (exact) mass is 442 g/mol. The number of rotatable bonds is 5. The van der Waals surface area contributed by atoms with Crippen molar-refractivity contribution in [3.8, 4) is 11.8 Å². The van der Waals surface area contributed by atoms with Gasteiger partial charge in [-0.3, -0.25) is 0 Å². The number of benzene rings is 3. The molecule has 1 aliphatic carbocycles. The highest BCUT2D eigenvalue weighted by molar-refractivity contribution is 6.30. The predicted octanol–water partition coefficient (Wildman–Crippen LogP) is 8.44. The molecule has 32 heavy (non-hydrogen) atoms. The van der Waals surface area contributed by atoms with E-state index in [1.54, 1.807) is 6.07 Å². The van der Waals surface area contributed by atoms with Crippen molar-refractivity contribution < 1.29 is 4.39 Å². The van der Waals surface area contributed by atoms with Crippen molar-refractivity contribution in [1.82, 2.24) is 0 Å². The molecule has 0 nitrogen and oxygen atoms in total. The summed E-state index contributed by atoms with van der Waals surface area (Å²) in [5, 5.41) is 0.121. The molecule has 1 fully saturated rings. The number of aryl methyl sites for hydroxylation is 1. The molecule has 0 heterocycles. The van der Waals surface area contributed by atoms with Gasteiger partial charge in [-0.05, 0) is 97.4 Å². The van der Waals surface area contributed by atoms with Crippen LogP contribution in [0.1, 0.15) is 71.8 Å². The van der Waals surface area contributed by atoms with Crippen molar-refractivity contribution in [2.24, 2.45) is 0 Å². The molecular weight excluding hydrogens is 415 g/mol. The minimum Gasteiger partial charge on any atom is -0.205 e. The fourth-order valence-electron chi connectivity index (χ4n) is 4.54. The average molecular weight is 443 g/mol. The molecule has 0 aromatic heterocycles. The van der Waals surface area contributed by atoms with Crippen LogP contribution in [0.2, 0.25) is 5.02 Å². The van der Waals surface area contributed by atoms with Crippen LogP contribution in [0.25, 0.3) is 0 Å². The minimum absolute atomic E-state index is 0.121. The normalized spacial score (nSPS) is 17.9. The third-order valence-corrected chi connectivity index (χ3v) is 6.77. The summed E-state index contributed by atoms with van der Waals surface area (Å²) in [5.74, 6) is 6.98. The van der Waals surface area contributed by atoms with Crippen molar-refractivity contribution in [1.29, 1.82) is 0 Å². The van der Waals surface area contributed by atoms with Crippen molar-refractivity contribution in [3.63, 3.8) is 0 Å². The lowest BCUT2D eigenvalue weighted by molar-refractivity contribution is 0.396. The van der Waals surface area contributed by atoms with Crippen LogP contribution in [-0.2, 0) is 6.42 Å². The first kappa shape index (κ1) is 22.4. The molecule has 0 atom stereocenters. The Labute approximate surface area is 196 Å². The average Bonchev–Trinajstić information content (AvgIpc) is 2.84. The first-order chi connectivity index (χ1) is 15.6. The molecule has 0 radical (unpaired) electrons. The summed E-state index contributed by atoms with van der Waals surface area (Å²) in [6.45, 7) is 3.81. The van der Waals surface area contributed by atoms with Crippen molar-refractivity contribution in [2.75, 3.05) is 0 Å². The van der Waals surface area contributed by atoms with Gasteiger partial charge in [-0.1, -0.05) is 65.9 Å². The van der Waals surface area contributed by atoms with Gasteiger partial charge in [0.15, 0.2) is 0 Å². The van der Waals surface area contributed by atoms with E-state index in [1.807, 2.05) is 6.08 Å². The van der Waals surface area contributed by atoms with E-state index in [1.165, 1.54) is 54.5 Å². The molecule has 1 aliphatic rings. The highest BCUT2D eigenvalue weighted by Crippen LogP contribution is 2.40. The van der Waals surface area contributed by atoms with Crippen LogP contribution in [0.3, 0.4) is 0 Å². The van der Waals surface area contributed by atoms with E-state index in [2.05, 4.69) is 67.0 Å². The molecule has 0 bridgehead atoms. The lowest BCUT2D eigenvalue weighted by atomic mass is 9.76. The van der Waals surface area contributed by atoms with E-state index < -0.39 is 5.82 Å². The Morgan fingerprint density at radius 3 is 1.91 bits per heavy atom. The van der Waals surface area contributed by atoms with Gasteiger partial charge in [-0.25, -0.2) is 4.39 Å². The molecule has 0 N–H and O–H groups in total. The van der Waals surface area contributed by atoms with Gasteiger partial charge < -0.3 is 0 Å². The number of hydrogen-bond acceptors (Lipinski definition) is 0. The molecule has 3 aromatic rings. The van der Waals surface area contributed by atoms with Crippen LogP contribution < -0.4 is 0 Å². The first-order valence-electron chi connectivity index (χ1n) is 11.4. The van der Waals surface area contributed by atoms with Crippen LogP contribution in [0.15, 0.2) is 79.4 Å². The van der Waals surface area contributed by atoms with Gasteiger partial charge in [0.1, 0.15) is 5.82 Å². The summed E-state index contributed by atoms with van der Waals surface area (Å²) < 4.78 is 13.6. The number of hydrogen-bond donors (Lipinski definition) is 0. The fraction of sp³-hybridized carbons (Fsp3) is 0.267. The largest absolute Gasteiger partial charge is 0.205 e. The van der Waals surface area contributed by atoms with Gasteiger partial charge in [0.25, 0.3) is 0 Å². The topological polar surface area (TPSA) is 0 Å². The molecule has 2 heteroatoms. The highest BCUT2D eigenvalue weighted by atomic mass is 35.5. The Bertz CT molecular complexity index is 1110. The van der Waals surface area contributed by atoms with Gasteiger partial charge >= 0.3 is 0 Å². The van der Waals surface area contributed by atoms with Crippen molar-refractivity contribution in [3.05, 3.63) is 118 Å². The third-order valence-electron chi connectivity index (χ3n) is 6.47. The van der Waals surface area contributed by atoms with Crippen LogP contribution in [0.5, 0.6) is 0 Å². The summed E-state index contributed by atoms with van der Waals surface area (Å²) in [4.78, 5) is 0. The van der Waals surface area contributed by atoms with Gasteiger partial charge in [0.05, 0.1) is 5.02 Å². The summed E-state index contributed by atoms with van der Waals surface area (Å²) in [6, 6.07) is 22.4. The number of halogens is 2. The van der Waals surface area contributed by atoms with Gasteiger partial charge in [-0.15, -0.1) is 6.58 Å². The molecule has 0 spiro atoms. The number of allylic oxidation sites excluding steroid dienone is 1. The minimum atomic E-state index is -0.437. The molecule has 0 saturated heterocycles. The SMILES string of the molecule is C=CCCc1ccc(C2CCC(c3ccc(C#Cc4ccc(Cl)c(F)c4)cc3)CC2)cc1. The lowest BCUT2D eigenvalue weighted by Crippen LogP contribution is -2.12. The smallest absolute Gasteiger partial charge is 0.143 e. The summed E-state index contributed by atoms with van der Waals surface area (Å²) in [5.41, 5.74) is 5.84. The van der Waals surface area contributed by atoms with E-state index >= 15 is 0 Å². The molecule has 0 amide bonds. The van der Waals surface area contributed by atoms with Crippen molar-refractivity contribution >= 4 is 11.6 Å². The second-order valence-electron chi connectivity index (χ2n) is 8.62. The van der Waals surface area contributed by atoms with Crippen LogP contribution >= 0.6 is 11.6 Å². The summed E-state index contributed by atoms with van der Waals surface area (Å²) in [7, 11) is 0. The van der Waals surface area contributed by atoms with Gasteiger partial charge in [-0.2, -0.15) is 0 Å². The predicted molar refractivity (Wildman–Crippen MR) is 133 cm³/mol. The Morgan fingerprint density at radius 1 is 0.812 bits per heavy atom. The first-order valence-corrected chi connectivity index (χ1v) is 11.8. The van der Waals surface area contributed by atoms with Crippen LogP contribution in [0, 0.1) is 17.7 Å². The molecule has 0 aliphatic heterocycles. The van der Waals surface area contributed by atoms with Crippen LogP contribution in [-0.4, -0.2) is 0 Å². The fourth-order valence-corrected chi connectivity index (χ4v) is 4.66. The standard InChI is InChI=1S/C30H28ClF/c1-2-3-4-22-7-12-25(13-8-22)27-16-18-28(19-17-27)26-14-9-23(10-15-26)5-6-24-11-20-29(31)30(32)21-24/h2,7-15,20-21,27-28H,1,3-4,16-19H2. The van der Waals surface area contributed by atoms with E-state index in [4.69, 9.17) is 11.6 Å². The van der Waals surface area contributed by atoms with Gasteiger partial charge in [0.2, 0.25) is 0 Å². The quantitative estimate of drug-likeness (QED) is 0.274. The second-order valence-corrected chi connectivity index (χ2v) is 9.03. The molecule has 0 unspecified atom stereocenters. The zero-order valence-corrected chi connectivity index (χ0v) is 19.0. The molecular formula is C30H28ClF. The van der Waals surface area contributed by atoms with E-state index in [0.29, 0.717) is 17.4 Å². The molecule has 3 aromatic carbocycles. The Morgan fingerprint density at radius 2 is 1.34 bits per heavy atom. The zero-order valence-electron chi connectivity index (χ0n) is 18.3. The summed E-state index contributed by atoms with van der Waals surface area (Å²) in [6.07, 6.45) is 9.01. The lowest BCUT2D eigenvalue weighted by Gasteiger charge is -2.29.